The molecule has 1 rings (SSSR count). The highest BCUT2D eigenvalue weighted by Crippen LogP contribution is 2.27. The van der Waals surface area contributed by atoms with Gasteiger partial charge in [-0.1, -0.05) is 6.07 Å². The summed E-state index contributed by atoms with van der Waals surface area (Å²) in [5.41, 5.74) is 6.05. The largest absolute Gasteiger partial charge is 0.485 e. The van der Waals surface area contributed by atoms with Gasteiger partial charge in [-0.25, -0.2) is 0 Å². The number of nitrogens with two attached hydrogens (primary N) is 1. The van der Waals surface area contributed by atoms with Gasteiger partial charge in [-0.3, -0.25) is 10.1 Å². The summed E-state index contributed by atoms with van der Waals surface area (Å²) in [5.74, 6) is 0.269. The zero-order chi connectivity index (χ0) is 10.6. The first-order valence-electron chi connectivity index (χ1n) is 4.23. The number of nitro benzene ring substituents is 1. The predicted molar refractivity (Wildman–Crippen MR) is 59.6 cm³/mol. The molecule has 15 heavy (non-hydrogen) atoms. The van der Waals surface area contributed by atoms with E-state index in [9.17, 15) is 10.1 Å². The lowest BCUT2D eigenvalue weighted by Crippen LogP contribution is -2.11. The van der Waals surface area contributed by atoms with Gasteiger partial charge in [-0.05, 0) is 18.6 Å². The number of hydrogen-bond acceptors (Lipinski definition) is 4. The van der Waals surface area contributed by atoms with Gasteiger partial charge in [0.15, 0.2) is 5.75 Å². The number of halogens is 1. The van der Waals surface area contributed by atoms with Crippen LogP contribution >= 0.6 is 12.4 Å². The zero-order valence-electron chi connectivity index (χ0n) is 8.30. The van der Waals surface area contributed by atoms with Crippen LogP contribution in [0.2, 0.25) is 0 Å². The van der Waals surface area contributed by atoms with Crippen molar-refractivity contribution >= 4 is 18.1 Å². The van der Waals surface area contributed by atoms with E-state index >= 15 is 0 Å². The van der Waals surface area contributed by atoms with Crippen LogP contribution in [0.25, 0.3) is 0 Å². The number of ether oxygens (including phenoxy) is 1. The minimum atomic E-state index is -0.459. The molecule has 0 bridgehead atoms. The molecule has 0 fully saturated rings. The SMILES string of the molecule is Cc1ccc(OCCN)c([N+](=O)[O-])c1.Cl. The van der Waals surface area contributed by atoms with Gasteiger partial charge in [-0.15, -0.1) is 12.4 Å². The molecule has 0 aromatic heterocycles. The van der Waals surface area contributed by atoms with Crippen molar-refractivity contribution in [3.63, 3.8) is 0 Å². The Labute approximate surface area is 93.8 Å². The van der Waals surface area contributed by atoms with Crippen molar-refractivity contribution in [2.24, 2.45) is 5.73 Å². The summed E-state index contributed by atoms with van der Waals surface area (Å²) < 4.78 is 5.14. The molecule has 0 saturated heterocycles. The van der Waals surface area contributed by atoms with Crippen LogP contribution in [0.5, 0.6) is 5.75 Å². The summed E-state index contributed by atoms with van der Waals surface area (Å²) in [6.45, 7) is 2.41. The Hall–Kier alpha value is -1.33. The molecule has 0 atom stereocenters. The Morgan fingerprint density at radius 1 is 1.53 bits per heavy atom. The molecule has 0 aliphatic rings. The summed E-state index contributed by atoms with van der Waals surface area (Å²) >= 11 is 0. The first-order chi connectivity index (χ1) is 6.65. The second-order valence-corrected chi connectivity index (χ2v) is 2.87. The Morgan fingerprint density at radius 2 is 2.20 bits per heavy atom. The molecule has 0 saturated carbocycles. The third kappa shape index (κ3) is 3.73. The van der Waals surface area contributed by atoms with Crippen molar-refractivity contribution in [2.45, 2.75) is 6.92 Å². The van der Waals surface area contributed by atoms with E-state index in [4.69, 9.17) is 10.5 Å². The summed E-state index contributed by atoms with van der Waals surface area (Å²) in [6.07, 6.45) is 0. The van der Waals surface area contributed by atoms with Crippen LogP contribution in [0.15, 0.2) is 18.2 Å². The Bertz CT molecular complexity index is 344. The molecule has 2 N–H and O–H groups in total. The van der Waals surface area contributed by atoms with Crippen LogP contribution < -0.4 is 10.5 Å². The Morgan fingerprint density at radius 3 is 2.73 bits per heavy atom. The van der Waals surface area contributed by atoms with E-state index in [1.807, 2.05) is 0 Å². The van der Waals surface area contributed by atoms with Crippen LogP contribution in [-0.4, -0.2) is 18.1 Å². The lowest BCUT2D eigenvalue weighted by atomic mass is 10.2. The Kier molecular flexibility index (Phi) is 5.66. The van der Waals surface area contributed by atoms with Crippen molar-refractivity contribution in [1.29, 1.82) is 0 Å². The summed E-state index contributed by atoms with van der Waals surface area (Å²) in [4.78, 5) is 10.2. The van der Waals surface area contributed by atoms with E-state index in [2.05, 4.69) is 0 Å². The monoisotopic (exact) mass is 232 g/mol. The zero-order valence-corrected chi connectivity index (χ0v) is 9.12. The molecule has 0 amide bonds. The van der Waals surface area contributed by atoms with Crippen molar-refractivity contribution in [3.05, 3.63) is 33.9 Å². The minimum absolute atomic E-state index is 0. The highest BCUT2D eigenvalue weighted by atomic mass is 35.5. The molecule has 0 radical (unpaired) electrons. The molecule has 0 aliphatic carbocycles. The average molecular weight is 233 g/mol. The fraction of sp³-hybridized carbons (Fsp3) is 0.333. The van der Waals surface area contributed by atoms with Crippen LogP contribution in [0.4, 0.5) is 5.69 Å². The van der Waals surface area contributed by atoms with Crippen molar-refractivity contribution in [1.82, 2.24) is 0 Å². The van der Waals surface area contributed by atoms with Gasteiger partial charge < -0.3 is 10.5 Å². The fourth-order valence-corrected chi connectivity index (χ4v) is 1.06. The van der Waals surface area contributed by atoms with Crippen LogP contribution in [0, 0.1) is 17.0 Å². The molecular weight excluding hydrogens is 220 g/mol. The predicted octanol–water partition coefficient (Wildman–Crippen LogP) is 1.66. The third-order valence-corrected chi connectivity index (χ3v) is 1.69. The van der Waals surface area contributed by atoms with E-state index < -0.39 is 4.92 Å². The molecule has 0 unspecified atom stereocenters. The lowest BCUT2D eigenvalue weighted by molar-refractivity contribution is -0.385. The van der Waals surface area contributed by atoms with E-state index in [1.54, 1.807) is 19.1 Å². The van der Waals surface area contributed by atoms with E-state index in [1.165, 1.54) is 6.07 Å². The maximum atomic E-state index is 10.6. The van der Waals surface area contributed by atoms with E-state index in [0.29, 0.717) is 6.54 Å². The van der Waals surface area contributed by atoms with Crippen molar-refractivity contribution in [3.8, 4) is 5.75 Å². The molecule has 0 aliphatic heterocycles. The quantitative estimate of drug-likeness (QED) is 0.633. The summed E-state index contributed by atoms with van der Waals surface area (Å²) in [5, 5.41) is 10.6. The molecule has 0 spiro atoms. The fourth-order valence-electron chi connectivity index (χ4n) is 1.06. The van der Waals surface area contributed by atoms with Gasteiger partial charge in [0.25, 0.3) is 0 Å². The number of hydrogen-bond donors (Lipinski definition) is 1. The minimum Gasteiger partial charge on any atom is -0.485 e. The topological polar surface area (TPSA) is 78.4 Å². The van der Waals surface area contributed by atoms with Gasteiger partial charge in [0.05, 0.1) is 4.92 Å². The second kappa shape index (κ2) is 6.21. The number of benzene rings is 1. The van der Waals surface area contributed by atoms with Crippen LogP contribution in [0.1, 0.15) is 5.56 Å². The lowest BCUT2D eigenvalue weighted by Gasteiger charge is -2.05. The van der Waals surface area contributed by atoms with Crippen LogP contribution in [0.3, 0.4) is 0 Å². The second-order valence-electron chi connectivity index (χ2n) is 2.87. The molecule has 0 heterocycles. The van der Waals surface area contributed by atoms with Gasteiger partial charge in [0.2, 0.25) is 0 Å². The van der Waals surface area contributed by atoms with Crippen molar-refractivity contribution < 1.29 is 9.66 Å². The molecular formula is C9H13ClN2O3. The first kappa shape index (κ1) is 13.7. The highest BCUT2D eigenvalue weighted by molar-refractivity contribution is 5.85. The summed E-state index contributed by atoms with van der Waals surface area (Å²) in [6, 6.07) is 4.83. The molecule has 6 heteroatoms. The average Bonchev–Trinajstić information content (AvgIpc) is 2.15. The molecule has 1 aromatic carbocycles. The first-order valence-corrected chi connectivity index (χ1v) is 4.23. The van der Waals surface area contributed by atoms with Gasteiger partial charge >= 0.3 is 5.69 Å². The maximum Gasteiger partial charge on any atom is 0.311 e. The maximum absolute atomic E-state index is 10.6. The summed E-state index contributed by atoms with van der Waals surface area (Å²) in [7, 11) is 0. The van der Waals surface area contributed by atoms with Gasteiger partial charge in [-0.2, -0.15) is 0 Å². The molecule has 1 aromatic rings. The highest BCUT2D eigenvalue weighted by Gasteiger charge is 2.14. The molecule has 5 nitrogen and oxygen atoms in total. The van der Waals surface area contributed by atoms with Crippen molar-refractivity contribution in [2.75, 3.05) is 13.2 Å². The number of nitrogens with zero attached hydrogens (tertiary/aromatic N) is 1. The smallest absolute Gasteiger partial charge is 0.311 e. The number of aryl methyl sites for hydroxylation is 1. The van der Waals surface area contributed by atoms with Gasteiger partial charge in [0, 0.05) is 12.6 Å². The number of rotatable bonds is 4. The molecule has 84 valence electrons. The standard InChI is InChI=1S/C9H12N2O3.ClH/c1-7-2-3-9(14-5-4-10)8(6-7)11(12)13;/h2-3,6H,4-5,10H2,1H3;1H. The van der Waals surface area contributed by atoms with E-state index in [-0.39, 0.29) is 30.5 Å². The Balaban J connectivity index is 0.00000196. The van der Waals surface area contributed by atoms with E-state index in [0.717, 1.165) is 5.56 Å². The number of nitro groups is 1. The van der Waals surface area contributed by atoms with Gasteiger partial charge in [0.1, 0.15) is 6.61 Å². The normalized spacial score (nSPS) is 9.20. The third-order valence-electron chi connectivity index (χ3n) is 1.69. The van der Waals surface area contributed by atoms with Crippen LogP contribution in [-0.2, 0) is 0 Å².